The number of aliphatic carboxylic acids is 2. The average Bonchev–Trinajstić information content (AvgIpc) is 2.59. The molecule has 0 fully saturated rings. The van der Waals surface area contributed by atoms with E-state index in [1.807, 2.05) is 12.1 Å². The summed E-state index contributed by atoms with van der Waals surface area (Å²) in [5, 5.41) is 18.9. The molecule has 27 heavy (non-hydrogen) atoms. The first-order valence-electron chi connectivity index (χ1n) is 8.40. The molecule has 9 nitrogen and oxygen atoms in total. The number of carbonyl (C=O) groups excluding carboxylic acids is 1. The van der Waals surface area contributed by atoms with Crippen molar-refractivity contribution in [2.45, 2.75) is 38.1 Å². The molecule has 5 N–H and O–H groups in total. The lowest BCUT2D eigenvalue weighted by Gasteiger charge is -2.30. The molecule has 0 bridgehead atoms. The minimum Gasteiger partial charge on any atom is -0.493 e. The number of ether oxygens (including phenoxy) is 2. The highest BCUT2D eigenvalue weighted by molar-refractivity contribution is 5.82. The summed E-state index contributed by atoms with van der Waals surface area (Å²) in [6, 6.07) is 2.96. The minimum atomic E-state index is -1.23. The fraction of sp³-hybridized carbons (Fsp3) is 0.500. The maximum atomic E-state index is 10.5. The fourth-order valence-electron chi connectivity index (χ4n) is 2.72. The lowest BCUT2D eigenvalue weighted by molar-refractivity contribution is -0.142. The van der Waals surface area contributed by atoms with Crippen LogP contribution in [-0.4, -0.2) is 54.9 Å². The number of carbonyl (C=O) groups is 3. The molecule has 2 rings (SSSR count). The Hall–Kier alpha value is -2.81. The molecule has 0 saturated carbocycles. The fourth-order valence-corrected chi connectivity index (χ4v) is 2.72. The summed E-state index contributed by atoms with van der Waals surface area (Å²) in [6.07, 6.45) is 0.674. The first-order valence-corrected chi connectivity index (χ1v) is 8.40. The average molecular weight is 382 g/mol. The van der Waals surface area contributed by atoms with Crippen LogP contribution in [0.15, 0.2) is 12.1 Å². The van der Waals surface area contributed by atoms with Crippen molar-refractivity contribution in [3.05, 3.63) is 23.3 Å². The van der Waals surface area contributed by atoms with E-state index in [1.54, 1.807) is 14.2 Å². The maximum Gasteiger partial charge on any atom is 0.326 e. The van der Waals surface area contributed by atoms with E-state index in [-0.39, 0.29) is 12.8 Å². The van der Waals surface area contributed by atoms with Crippen molar-refractivity contribution < 1.29 is 34.1 Å². The zero-order chi connectivity index (χ0) is 20.6. The number of carboxylic acid groups (broad SMARTS) is 2. The van der Waals surface area contributed by atoms with Crippen molar-refractivity contribution in [1.82, 2.24) is 5.32 Å². The van der Waals surface area contributed by atoms with Crippen LogP contribution >= 0.6 is 0 Å². The SMILES string of the molecule is CC(=O)N[C@@H](CCC(=O)O)C(=O)O.COc1cc2c(cc1OC)[C@@H](CN)C2. The molecule has 1 aliphatic carbocycles. The Morgan fingerprint density at radius 2 is 1.81 bits per heavy atom. The van der Waals surface area contributed by atoms with Gasteiger partial charge in [-0.2, -0.15) is 0 Å². The molecule has 0 heterocycles. The molecule has 150 valence electrons. The van der Waals surface area contributed by atoms with E-state index in [9.17, 15) is 14.4 Å². The van der Waals surface area contributed by atoms with E-state index in [1.165, 1.54) is 18.1 Å². The lowest BCUT2D eigenvalue weighted by Crippen LogP contribution is -2.39. The predicted octanol–water partition coefficient (Wildman–Crippen LogP) is 0.743. The number of methoxy groups -OCH3 is 2. The third-order valence-corrected chi connectivity index (χ3v) is 4.16. The van der Waals surface area contributed by atoms with Crippen molar-refractivity contribution >= 4 is 17.8 Å². The summed E-state index contributed by atoms with van der Waals surface area (Å²) in [7, 11) is 3.31. The van der Waals surface area contributed by atoms with Gasteiger partial charge in [0.05, 0.1) is 14.2 Å². The Balaban J connectivity index is 0.000000271. The van der Waals surface area contributed by atoms with Crippen LogP contribution in [0, 0.1) is 0 Å². The normalized spacial score (nSPS) is 15.2. The lowest BCUT2D eigenvalue weighted by atomic mass is 9.77. The second-order valence-electron chi connectivity index (χ2n) is 6.07. The van der Waals surface area contributed by atoms with E-state index < -0.39 is 23.9 Å². The topological polar surface area (TPSA) is 148 Å². The molecule has 2 atom stereocenters. The van der Waals surface area contributed by atoms with Gasteiger partial charge < -0.3 is 30.7 Å². The number of rotatable bonds is 8. The molecular weight excluding hydrogens is 356 g/mol. The third-order valence-electron chi connectivity index (χ3n) is 4.16. The van der Waals surface area contributed by atoms with Crippen molar-refractivity contribution in [2.24, 2.45) is 5.73 Å². The van der Waals surface area contributed by atoms with Gasteiger partial charge in [0.2, 0.25) is 5.91 Å². The van der Waals surface area contributed by atoms with E-state index >= 15 is 0 Å². The number of nitrogens with two attached hydrogens (primary N) is 1. The number of hydrogen-bond acceptors (Lipinski definition) is 6. The molecule has 0 unspecified atom stereocenters. The Morgan fingerprint density at radius 1 is 1.22 bits per heavy atom. The first kappa shape index (κ1) is 22.2. The van der Waals surface area contributed by atoms with Gasteiger partial charge in [0.1, 0.15) is 6.04 Å². The van der Waals surface area contributed by atoms with Crippen LogP contribution in [0.4, 0.5) is 0 Å². The van der Waals surface area contributed by atoms with Crippen LogP contribution in [0.25, 0.3) is 0 Å². The summed E-state index contributed by atoms with van der Waals surface area (Å²) in [4.78, 5) is 31.0. The number of hydrogen-bond donors (Lipinski definition) is 4. The van der Waals surface area contributed by atoms with Gasteiger partial charge in [-0.05, 0) is 42.6 Å². The predicted molar refractivity (Wildman–Crippen MR) is 97.2 cm³/mol. The highest BCUT2D eigenvalue weighted by Gasteiger charge is 2.27. The van der Waals surface area contributed by atoms with E-state index in [4.69, 9.17) is 25.4 Å². The third kappa shape index (κ3) is 6.45. The van der Waals surface area contributed by atoms with Gasteiger partial charge in [0, 0.05) is 19.3 Å². The Bertz CT molecular complexity index is 691. The quantitative estimate of drug-likeness (QED) is 0.514. The highest BCUT2D eigenvalue weighted by Crippen LogP contribution is 2.41. The van der Waals surface area contributed by atoms with Gasteiger partial charge in [-0.3, -0.25) is 9.59 Å². The van der Waals surface area contributed by atoms with E-state index in [0.717, 1.165) is 17.9 Å². The van der Waals surface area contributed by atoms with Crippen LogP contribution < -0.4 is 20.5 Å². The second-order valence-corrected chi connectivity index (χ2v) is 6.07. The van der Waals surface area contributed by atoms with Crippen molar-refractivity contribution in [2.75, 3.05) is 20.8 Å². The zero-order valence-corrected chi connectivity index (χ0v) is 15.7. The second kappa shape index (κ2) is 10.4. The largest absolute Gasteiger partial charge is 0.493 e. The maximum absolute atomic E-state index is 10.5. The smallest absolute Gasteiger partial charge is 0.326 e. The molecule has 0 spiro atoms. The van der Waals surface area contributed by atoms with Gasteiger partial charge in [-0.1, -0.05) is 0 Å². The summed E-state index contributed by atoms with van der Waals surface area (Å²) < 4.78 is 10.5. The number of carboxylic acids is 2. The van der Waals surface area contributed by atoms with Gasteiger partial charge >= 0.3 is 11.9 Å². The van der Waals surface area contributed by atoms with Crippen LogP contribution in [0.1, 0.15) is 36.8 Å². The van der Waals surface area contributed by atoms with Crippen molar-refractivity contribution in [1.29, 1.82) is 0 Å². The number of benzene rings is 1. The Labute approximate surface area is 157 Å². The van der Waals surface area contributed by atoms with Gasteiger partial charge in [0.25, 0.3) is 0 Å². The number of fused-ring (bicyclic) bond motifs is 1. The standard InChI is InChI=1S/C11H15NO2.C7H11NO5/c1-13-10-4-7-3-8(6-12)9(7)5-11(10)14-2;1-4(9)8-5(7(12)13)2-3-6(10)11/h4-5,8H,3,6,12H2,1-2H3;5H,2-3H2,1H3,(H,8,9)(H,10,11)(H,12,13)/t8-;5-/m10/s1. The molecule has 0 aliphatic heterocycles. The van der Waals surface area contributed by atoms with Crippen molar-refractivity contribution in [3.8, 4) is 11.5 Å². The summed E-state index contributed by atoms with van der Waals surface area (Å²) in [5.41, 5.74) is 8.28. The van der Waals surface area contributed by atoms with E-state index in [2.05, 4.69) is 5.32 Å². The molecule has 1 amide bonds. The number of amides is 1. The summed E-state index contributed by atoms with van der Waals surface area (Å²) in [5.74, 6) is -0.693. The Morgan fingerprint density at radius 3 is 2.26 bits per heavy atom. The Kier molecular flexibility index (Phi) is 8.53. The van der Waals surface area contributed by atoms with Gasteiger partial charge in [-0.15, -0.1) is 0 Å². The minimum absolute atomic E-state index is 0.107. The molecule has 0 saturated heterocycles. The number of nitrogens with one attached hydrogen (secondary N) is 1. The molecule has 0 radical (unpaired) electrons. The highest BCUT2D eigenvalue weighted by atomic mass is 16.5. The molecule has 1 aromatic rings. The molecule has 9 heteroatoms. The zero-order valence-electron chi connectivity index (χ0n) is 15.7. The van der Waals surface area contributed by atoms with Crippen molar-refractivity contribution in [3.63, 3.8) is 0 Å². The summed E-state index contributed by atoms with van der Waals surface area (Å²) in [6.45, 7) is 1.89. The monoisotopic (exact) mass is 382 g/mol. The van der Waals surface area contributed by atoms with Gasteiger partial charge in [0.15, 0.2) is 11.5 Å². The van der Waals surface area contributed by atoms with Crippen LogP contribution in [0.5, 0.6) is 11.5 Å². The van der Waals surface area contributed by atoms with Crippen LogP contribution in [0.2, 0.25) is 0 Å². The van der Waals surface area contributed by atoms with E-state index in [0.29, 0.717) is 12.5 Å². The molecular formula is C18H26N2O7. The first-order chi connectivity index (χ1) is 12.7. The molecule has 0 aromatic heterocycles. The molecule has 1 aromatic carbocycles. The molecule has 1 aliphatic rings. The summed E-state index contributed by atoms with van der Waals surface area (Å²) >= 11 is 0. The van der Waals surface area contributed by atoms with Crippen LogP contribution in [-0.2, 0) is 20.8 Å². The van der Waals surface area contributed by atoms with Crippen LogP contribution in [0.3, 0.4) is 0 Å². The van der Waals surface area contributed by atoms with Gasteiger partial charge in [-0.25, -0.2) is 4.79 Å².